The Balaban J connectivity index is 1.36. The zero-order valence-corrected chi connectivity index (χ0v) is 19.8. The molecule has 1 saturated carbocycles. The lowest BCUT2D eigenvalue weighted by atomic mass is 10.2. The van der Waals surface area contributed by atoms with Crippen LogP contribution < -0.4 is 0 Å². The topological polar surface area (TPSA) is 68.1 Å². The van der Waals surface area contributed by atoms with Crippen molar-refractivity contribution in [1.29, 1.82) is 0 Å². The number of hydrogen-bond donors (Lipinski definition) is 0. The summed E-state index contributed by atoms with van der Waals surface area (Å²) in [5, 5.41) is 12.0. The third-order valence-electron chi connectivity index (χ3n) is 5.78. The molecule has 2 fully saturated rings. The summed E-state index contributed by atoms with van der Waals surface area (Å²) in [6, 6.07) is 11.3. The molecule has 3 aromatic rings. The van der Waals surface area contributed by atoms with Crippen LogP contribution in [0.25, 0.3) is 0 Å². The maximum Gasteiger partial charge on any atom is 0.260 e. The number of nitrogens with zero attached hydrogens (tertiary/aromatic N) is 4. The van der Waals surface area contributed by atoms with Gasteiger partial charge in [0.25, 0.3) is 5.91 Å². The van der Waals surface area contributed by atoms with Crippen LogP contribution >= 0.6 is 34.7 Å². The number of hydrogen-bond acceptors (Lipinski definition) is 6. The molecule has 6 nitrogen and oxygen atoms in total. The maximum atomic E-state index is 13.4. The maximum absolute atomic E-state index is 13.4. The minimum absolute atomic E-state index is 0.141. The molecule has 1 aliphatic carbocycles. The first kappa shape index (κ1) is 21.7. The highest BCUT2D eigenvalue weighted by Gasteiger charge is 2.36. The van der Waals surface area contributed by atoms with Gasteiger partial charge in [-0.3, -0.25) is 14.5 Å². The number of rotatable bonds is 6. The Morgan fingerprint density at radius 2 is 1.94 bits per heavy atom. The van der Waals surface area contributed by atoms with Crippen molar-refractivity contribution in [2.75, 3.05) is 6.54 Å². The van der Waals surface area contributed by atoms with Crippen molar-refractivity contribution in [3.8, 4) is 0 Å². The highest BCUT2D eigenvalue weighted by Crippen LogP contribution is 2.41. The van der Waals surface area contributed by atoms with Crippen LogP contribution in [0.3, 0.4) is 0 Å². The number of likely N-dealkylation sites (tertiary alicyclic amines) is 1. The number of thiophene rings is 1. The lowest BCUT2D eigenvalue weighted by Crippen LogP contribution is -2.41. The van der Waals surface area contributed by atoms with Crippen molar-refractivity contribution in [2.45, 2.75) is 55.0 Å². The third kappa shape index (κ3) is 4.63. The molecule has 2 aliphatic rings. The summed E-state index contributed by atoms with van der Waals surface area (Å²) in [5.74, 6) is 0.548. The van der Waals surface area contributed by atoms with Crippen molar-refractivity contribution >= 4 is 46.5 Å². The molecule has 1 saturated heterocycles. The van der Waals surface area contributed by atoms with Gasteiger partial charge in [-0.25, -0.2) is 0 Å². The molecule has 9 heteroatoms. The minimum Gasteiger partial charge on any atom is -0.303 e. The van der Waals surface area contributed by atoms with E-state index in [2.05, 4.69) is 26.2 Å². The molecule has 1 unspecified atom stereocenters. The molecular formula is C23H23ClN4O2S2. The number of amides is 2. The standard InChI is InChI=1S/C23H23ClN4O2S2/c24-16-8-6-15(7-9-16)21(29)27-12-2-1-5-19(22(27)30)32-23-26-25-20(28(23)17-10-11-17)14-18-4-3-13-31-18/h3-4,6-9,13,17,19H,1-2,5,10-12,14H2. The first-order valence-corrected chi connectivity index (χ1v) is 13.0. The summed E-state index contributed by atoms with van der Waals surface area (Å²) >= 11 is 9.13. The van der Waals surface area contributed by atoms with Crippen molar-refractivity contribution < 1.29 is 9.59 Å². The van der Waals surface area contributed by atoms with Gasteiger partial charge in [0, 0.05) is 34.5 Å². The molecular weight excluding hydrogens is 464 g/mol. The van der Waals surface area contributed by atoms with Crippen molar-refractivity contribution in [2.24, 2.45) is 0 Å². The Morgan fingerprint density at radius 1 is 1.12 bits per heavy atom. The molecule has 5 rings (SSSR count). The quantitative estimate of drug-likeness (QED) is 0.446. The van der Waals surface area contributed by atoms with E-state index >= 15 is 0 Å². The monoisotopic (exact) mass is 486 g/mol. The van der Waals surface area contributed by atoms with Crippen LogP contribution in [0.5, 0.6) is 0 Å². The number of carbonyl (C=O) groups excluding carboxylic acids is 2. The fourth-order valence-corrected chi connectivity index (χ4v) is 6.02. The van der Waals surface area contributed by atoms with Crippen LogP contribution in [0.1, 0.15) is 59.2 Å². The predicted molar refractivity (Wildman–Crippen MR) is 126 cm³/mol. The van der Waals surface area contributed by atoms with Gasteiger partial charge in [0.2, 0.25) is 5.91 Å². The summed E-state index contributed by atoms with van der Waals surface area (Å²) in [6.45, 7) is 0.441. The summed E-state index contributed by atoms with van der Waals surface area (Å²) in [5.41, 5.74) is 0.479. The lowest BCUT2D eigenvalue weighted by Gasteiger charge is -2.22. The van der Waals surface area contributed by atoms with Gasteiger partial charge in [0.1, 0.15) is 5.82 Å². The SMILES string of the molecule is O=C(c1ccc(Cl)cc1)N1CCCCC(Sc2nnc(Cc3cccs3)n2C2CC2)C1=O. The van der Waals surface area contributed by atoms with Crippen LogP contribution in [0.15, 0.2) is 46.9 Å². The Bertz CT molecular complexity index is 1110. The van der Waals surface area contributed by atoms with E-state index in [4.69, 9.17) is 11.6 Å². The first-order chi connectivity index (χ1) is 15.6. The first-order valence-electron chi connectivity index (χ1n) is 10.8. The Labute approximate surface area is 200 Å². The van der Waals surface area contributed by atoms with Gasteiger partial charge in [-0.05, 0) is 61.4 Å². The lowest BCUT2D eigenvalue weighted by molar-refractivity contribution is -0.127. The molecule has 2 amide bonds. The molecule has 2 aromatic heterocycles. The van der Waals surface area contributed by atoms with Crippen molar-refractivity contribution in [3.05, 3.63) is 63.1 Å². The molecule has 0 bridgehead atoms. The van der Waals surface area contributed by atoms with Gasteiger partial charge in [-0.15, -0.1) is 21.5 Å². The largest absolute Gasteiger partial charge is 0.303 e. The van der Waals surface area contributed by atoms with E-state index in [0.717, 1.165) is 49.5 Å². The fourth-order valence-electron chi connectivity index (χ4n) is 3.97. The number of aromatic nitrogens is 3. The molecule has 1 aromatic carbocycles. The predicted octanol–water partition coefficient (Wildman–Crippen LogP) is 5.23. The summed E-state index contributed by atoms with van der Waals surface area (Å²) in [7, 11) is 0. The highest BCUT2D eigenvalue weighted by atomic mass is 35.5. The van der Waals surface area contributed by atoms with Crippen LogP contribution in [0.4, 0.5) is 0 Å². The minimum atomic E-state index is -0.343. The fraction of sp³-hybridized carbons (Fsp3) is 0.391. The summed E-state index contributed by atoms with van der Waals surface area (Å²) < 4.78 is 2.22. The average molecular weight is 487 g/mol. The number of carbonyl (C=O) groups is 2. The summed E-state index contributed by atoms with van der Waals surface area (Å²) in [6.07, 6.45) is 5.41. The van der Waals surface area contributed by atoms with Crippen molar-refractivity contribution in [3.63, 3.8) is 0 Å². The molecule has 0 N–H and O–H groups in total. The van der Waals surface area contributed by atoms with E-state index in [1.165, 1.54) is 21.5 Å². The van der Waals surface area contributed by atoms with E-state index < -0.39 is 0 Å². The zero-order chi connectivity index (χ0) is 22.1. The zero-order valence-electron chi connectivity index (χ0n) is 17.4. The smallest absolute Gasteiger partial charge is 0.260 e. The van der Waals surface area contributed by atoms with E-state index in [1.807, 2.05) is 6.07 Å². The van der Waals surface area contributed by atoms with E-state index in [0.29, 0.717) is 23.2 Å². The average Bonchev–Trinajstić information content (AvgIpc) is 3.41. The van der Waals surface area contributed by atoms with Crippen LogP contribution in [0, 0.1) is 0 Å². The third-order valence-corrected chi connectivity index (χ3v) is 8.12. The van der Waals surface area contributed by atoms with Gasteiger partial charge >= 0.3 is 0 Å². The highest BCUT2D eigenvalue weighted by molar-refractivity contribution is 8.00. The Morgan fingerprint density at radius 3 is 2.66 bits per heavy atom. The molecule has 166 valence electrons. The number of benzene rings is 1. The second kappa shape index (κ2) is 9.37. The van der Waals surface area contributed by atoms with E-state index in [1.54, 1.807) is 35.6 Å². The normalized spacial score (nSPS) is 19.2. The number of imide groups is 1. The summed E-state index contributed by atoms with van der Waals surface area (Å²) in [4.78, 5) is 29.1. The Hall–Kier alpha value is -2.16. The number of halogens is 1. The van der Waals surface area contributed by atoms with E-state index in [-0.39, 0.29) is 17.1 Å². The molecule has 3 heterocycles. The number of thioether (sulfide) groups is 1. The van der Waals surface area contributed by atoms with Crippen LogP contribution in [-0.4, -0.2) is 43.3 Å². The second-order valence-electron chi connectivity index (χ2n) is 8.16. The van der Waals surface area contributed by atoms with Crippen LogP contribution in [-0.2, 0) is 11.2 Å². The van der Waals surface area contributed by atoms with E-state index in [9.17, 15) is 9.59 Å². The Kier molecular flexibility index (Phi) is 6.35. The molecule has 1 aliphatic heterocycles. The van der Waals surface area contributed by atoms with Gasteiger partial charge in [0.05, 0.1) is 5.25 Å². The van der Waals surface area contributed by atoms with Gasteiger partial charge in [-0.2, -0.15) is 0 Å². The van der Waals surface area contributed by atoms with Crippen molar-refractivity contribution in [1.82, 2.24) is 19.7 Å². The van der Waals surface area contributed by atoms with Gasteiger partial charge in [-0.1, -0.05) is 35.9 Å². The molecule has 0 radical (unpaired) electrons. The van der Waals surface area contributed by atoms with Crippen LogP contribution in [0.2, 0.25) is 5.02 Å². The molecule has 1 atom stereocenters. The van der Waals surface area contributed by atoms with Gasteiger partial charge in [0.15, 0.2) is 5.16 Å². The van der Waals surface area contributed by atoms with Gasteiger partial charge < -0.3 is 4.57 Å². The molecule has 0 spiro atoms. The molecule has 32 heavy (non-hydrogen) atoms. The second-order valence-corrected chi connectivity index (χ2v) is 10.8.